The molecule has 0 aliphatic carbocycles. The minimum absolute atomic E-state index is 0.00813. The highest BCUT2D eigenvalue weighted by atomic mass is 32.2. The van der Waals surface area contributed by atoms with Crippen molar-refractivity contribution in [2.45, 2.75) is 25.7 Å². The molecule has 1 rings (SSSR count). The zero-order chi connectivity index (χ0) is 16.3. The number of hydrogen-bond acceptors (Lipinski definition) is 5. The van der Waals surface area contributed by atoms with Crippen LogP contribution in [0.15, 0.2) is 17.0 Å². The van der Waals surface area contributed by atoms with Gasteiger partial charge >= 0.3 is 0 Å². The zero-order valence-electron chi connectivity index (χ0n) is 12.2. The summed E-state index contributed by atoms with van der Waals surface area (Å²) < 4.78 is 53.1. The smallest absolute Gasteiger partial charge is 0.238 e. The molecule has 1 aromatic rings. The van der Waals surface area contributed by atoms with Crippen molar-refractivity contribution in [3.8, 4) is 5.75 Å². The third kappa shape index (κ3) is 5.27. The summed E-state index contributed by atoms with van der Waals surface area (Å²) in [6.07, 6.45) is 0. The molecule has 120 valence electrons. The first-order valence-corrected chi connectivity index (χ1v) is 9.51. The maximum Gasteiger partial charge on any atom is 0.238 e. The molecule has 0 saturated carbocycles. The average Bonchev–Trinajstić information content (AvgIpc) is 2.36. The van der Waals surface area contributed by atoms with Gasteiger partial charge in [0.05, 0.1) is 10.6 Å². The molecule has 1 aromatic carbocycles. The highest BCUT2D eigenvalue weighted by molar-refractivity contribution is 7.89. The lowest BCUT2D eigenvalue weighted by molar-refractivity contribution is 0.320. The van der Waals surface area contributed by atoms with Crippen LogP contribution in [0.2, 0.25) is 0 Å². The van der Waals surface area contributed by atoms with Gasteiger partial charge in [-0.25, -0.2) is 26.7 Å². The van der Waals surface area contributed by atoms with Crippen molar-refractivity contribution < 1.29 is 21.6 Å². The number of ether oxygens (including phenoxy) is 1. The fourth-order valence-electron chi connectivity index (χ4n) is 1.69. The van der Waals surface area contributed by atoms with E-state index in [1.807, 2.05) is 0 Å². The molecule has 0 radical (unpaired) electrons. The highest BCUT2D eigenvalue weighted by Gasteiger charge is 2.14. The van der Waals surface area contributed by atoms with Gasteiger partial charge in [-0.3, -0.25) is 0 Å². The van der Waals surface area contributed by atoms with Crippen LogP contribution in [0.25, 0.3) is 0 Å². The van der Waals surface area contributed by atoms with E-state index in [1.165, 1.54) is 6.07 Å². The van der Waals surface area contributed by atoms with Crippen LogP contribution in [-0.4, -0.2) is 35.7 Å². The standard InChI is InChI=1S/C12H20N2O5S2/c1-4-20(15,16)14-5-6-19-11-7-10(3)12(8-9(11)2)21(13,17)18/h7-8,14H,4-6H2,1-3H3,(H2,13,17,18). The van der Waals surface area contributed by atoms with Crippen LogP contribution in [0.3, 0.4) is 0 Å². The van der Waals surface area contributed by atoms with Crippen molar-refractivity contribution in [2.75, 3.05) is 18.9 Å². The maximum atomic E-state index is 11.4. The number of benzene rings is 1. The fourth-order valence-corrected chi connectivity index (χ4v) is 3.13. The summed E-state index contributed by atoms with van der Waals surface area (Å²) in [5.41, 5.74) is 1.09. The van der Waals surface area contributed by atoms with Gasteiger partial charge in [0.2, 0.25) is 20.0 Å². The number of aryl methyl sites for hydroxylation is 2. The Labute approximate surface area is 125 Å². The van der Waals surface area contributed by atoms with Crippen molar-refractivity contribution in [1.82, 2.24) is 4.72 Å². The molecule has 0 atom stereocenters. The molecule has 3 N–H and O–H groups in total. The van der Waals surface area contributed by atoms with Gasteiger partial charge in [0, 0.05) is 6.54 Å². The summed E-state index contributed by atoms with van der Waals surface area (Å²) in [6, 6.07) is 3.01. The monoisotopic (exact) mass is 336 g/mol. The van der Waals surface area contributed by atoms with E-state index in [2.05, 4.69) is 4.72 Å². The predicted molar refractivity (Wildman–Crippen MR) is 80.2 cm³/mol. The Bertz CT molecular complexity index is 711. The Kier molecular flexibility index (Phi) is 5.74. The molecule has 0 fully saturated rings. The van der Waals surface area contributed by atoms with Crippen LogP contribution in [0, 0.1) is 13.8 Å². The van der Waals surface area contributed by atoms with Crippen molar-refractivity contribution in [3.63, 3.8) is 0 Å². The van der Waals surface area contributed by atoms with E-state index in [1.54, 1.807) is 26.8 Å². The second-order valence-corrected chi connectivity index (χ2v) is 8.20. The number of hydrogen-bond donors (Lipinski definition) is 2. The van der Waals surface area contributed by atoms with Crippen molar-refractivity contribution in [2.24, 2.45) is 5.14 Å². The SMILES string of the molecule is CCS(=O)(=O)NCCOc1cc(C)c(S(N)(=O)=O)cc1C. The normalized spacial score (nSPS) is 12.4. The van der Waals surface area contributed by atoms with Gasteiger partial charge < -0.3 is 4.74 Å². The molecular weight excluding hydrogens is 316 g/mol. The first kappa shape index (κ1) is 17.9. The van der Waals surface area contributed by atoms with Gasteiger partial charge in [-0.05, 0) is 44.0 Å². The van der Waals surface area contributed by atoms with Crippen molar-refractivity contribution in [3.05, 3.63) is 23.3 Å². The second kappa shape index (κ2) is 6.73. The van der Waals surface area contributed by atoms with Crippen LogP contribution < -0.4 is 14.6 Å². The number of primary sulfonamides is 1. The minimum atomic E-state index is -3.77. The molecule has 7 nitrogen and oxygen atoms in total. The van der Waals surface area contributed by atoms with E-state index in [9.17, 15) is 16.8 Å². The van der Waals surface area contributed by atoms with Crippen LogP contribution in [0.1, 0.15) is 18.1 Å². The molecule has 0 amide bonds. The lowest BCUT2D eigenvalue weighted by Gasteiger charge is -2.13. The van der Waals surface area contributed by atoms with Gasteiger partial charge in [-0.15, -0.1) is 0 Å². The van der Waals surface area contributed by atoms with Gasteiger partial charge in [0.25, 0.3) is 0 Å². The van der Waals surface area contributed by atoms with Crippen molar-refractivity contribution >= 4 is 20.0 Å². The third-order valence-electron chi connectivity index (χ3n) is 2.84. The van der Waals surface area contributed by atoms with Gasteiger partial charge in [-0.2, -0.15) is 0 Å². The van der Waals surface area contributed by atoms with E-state index >= 15 is 0 Å². The van der Waals surface area contributed by atoms with Gasteiger partial charge in [0.1, 0.15) is 12.4 Å². The predicted octanol–water partition coefficient (Wildman–Crippen LogP) is 0.269. The van der Waals surface area contributed by atoms with Crippen LogP contribution >= 0.6 is 0 Å². The van der Waals surface area contributed by atoms with Crippen LogP contribution in [-0.2, 0) is 20.0 Å². The molecule has 0 saturated heterocycles. The Morgan fingerprint density at radius 1 is 1.14 bits per heavy atom. The minimum Gasteiger partial charge on any atom is -0.492 e. The summed E-state index contributed by atoms with van der Waals surface area (Å²) in [6.45, 7) is 5.15. The highest BCUT2D eigenvalue weighted by Crippen LogP contribution is 2.25. The molecule has 0 aromatic heterocycles. The summed E-state index contributed by atoms with van der Waals surface area (Å²) in [5, 5.41) is 5.12. The van der Waals surface area contributed by atoms with Crippen LogP contribution in [0.4, 0.5) is 0 Å². The molecule has 0 unspecified atom stereocenters. The lowest BCUT2D eigenvalue weighted by Crippen LogP contribution is -2.29. The maximum absolute atomic E-state index is 11.4. The fraction of sp³-hybridized carbons (Fsp3) is 0.500. The summed E-state index contributed by atoms with van der Waals surface area (Å²) in [7, 11) is -7.01. The largest absolute Gasteiger partial charge is 0.492 e. The zero-order valence-corrected chi connectivity index (χ0v) is 13.8. The second-order valence-electron chi connectivity index (χ2n) is 4.57. The Hall–Kier alpha value is -1.16. The molecule has 0 aliphatic rings. The Morgan fingerprint density at radius 2 is 1.76 bits per heavy atom. The average molecular weight is 336 g/mol. The topological polar surface area (TPSA) is 116 Å². The molecule has 0 heterocycles. The number of sulfonamides is 2. The third-order valence-corrected chi connectivity index (χ3v) is 5.30. The molecule has 9 heteroatoms. The summed E-state index contributed by atoms with van der Waals surface area (Å²) in [4.78, 5) is 0.0547. The Balaban J connectivity index is 2.76. The lowest BCUT2D eigenvalue weighted by atomic mass is 10.1. The van der Waals surface area contributed by atoms with E-state index < -0.39 is 20.0 Å². The van der Waals surface area contributed by atoms with E-state index in [4.69, 9.17) is 9.88 Å². The Morgan fingerprint density at radius 3 is 2.29 bits per heavy atom. The van der Waals surface area contributed by atoms with E-state index in [0.717, 1.165) is 0 Å². The number of nitrogens with one attached hydrogen (secondary N) is 1. The molecule has 0 aliphatic heterocycles. The molecule has 0 spiro atoms. The quantitative estimate of drug-likeness (QED) is 0.693. The number of nitrogens with two attached hydrogens (primary N) is 1. The van der Waals surface area contributed by atoms with Crippen LogP contribution in [0.5, 0.6) is 5.75 Å². The first-order valence-electron chi connectivity index (χ1n) is 6.31. The van der Waals surface area contributed by atoms with Crippen molar-refractivity contribution in [1.29, 1.82) is 0 Å². The molecular formula is C12H20N2O5S2. The summed E-state index contributed by atoms with van der Waals surface area (Å²) >= 11 is 0. The summed E-state index contributed by atoms with van der Waals surface area (Å²) in [5.74, 6) is 0.504. The van der Waals surface area contributed by atoms with Gasteiger partial charge in [-0.1, -0.05) is 0 Å². The number of rotatable bonds is 7. The molecule has 0 bridgehead atoms. The molecule has 21 heavy (non-hydrogen) atoms. The van der Waals surface area contributed by atoms with E-state index in [-0.39, 0.29) is 23.8 Å². The van der Waals surface area contributed by atoms with Gasteiger partial charge in [0.15, 0.2) is 0 Å². The van der Waals surface area contributed by atoms with E-state index in [0.29, 0.717) is 16.9 Å². The first-order chi connectivity index (χ1) is 9.57.